The highest BCUT2D eigenvalue weighted by Gasteiger charge is 2.24. The van der Waals surface area contributed by atoms with Gasteiger partial charge >= 0.3 is 0 Å². The fourth-order valence-corrected chi connectivity index (χ4v) is 2.20. The molecule has 1 aromatic carbocycles. The molecule has 1 aromatic rings. The zero-order valence-electron chi connectivity index (χ0n) is 14.5. The van der Waals surface area contributed by atoms with Crippen LogP contribution in [0.1, 0.15) is 50.4 Å². The largest absolute Gasteiger partial charge is 0.497 e. The molecule has 0 unspecified atom stereocenters. The van der Waals surface area contributed by atoms with Gasteiger partial charge in [-0.25, -0.2) is 0 Å². The Bertz CT molecular complexity index is 497. The van der Waals surface area contributed by atoms with Crippen molar-refractivity contribution in [1.29, 1.82) is 0 Å². The molecule has 2 N–H and O–H groups in total. The Labute approximate surface area is 138 Å². The molecule has 5 heteroatoms. The summed E-state index contributed by atoms with van der Waals surface area (Å²) in [6, 6.07) is 6.29. The van der Waals surface area contributed by atoms with Crippen LogP contribution in [0.2, 0.25) is 0 Å². The molecule has 1 atom stereocenters. The highest BCUT2D eigenvalue weighted by Crippen LogP contribution is 2.12. The smallest absolute Gasteiger partial charge is 0.251 e. The lowest BCUT2D eigenvalue weighted by Gasteiger charge is -2.21. The maximum atomic E-state index is 12.3. The Balaban J connectivity index is 2.63. The third-order valence-electron chi connectivity index (χ3n) is 3.67. The third kappa shape index (κ3) is 6.30. The number of carbonyl (C=O) groups is 2. The van der Waals surface area contributed by atoms with E-state index in [9.17, 15) is 9.59 Å². The van der Waals surface area contributed by atoms with Gasteiger partial charge in [-0.15, -0.1) is 0 Å². The van der Waals surface area contributed by atoms with Crippen molar-refractivity contribution in [3.63, 3.8) is 0 Å². The van der Waals surface area contributed by atoms with Gasteiger partial charge in [0, 0.05) is 12.1 Å². The van der Waals surface area contributed by atoms with Crippen LogP contribution in [0, 0.1) is 5.92 Å². The first-order valence-electron chi connectivity index (χ1n) is 8.22. The molecule has 1 rings (SSSR count). The summed E-state index contributed by atoms with van der Waals surface area (Å²) in [5.74, 6) is 0.326. The van der Waals surface area contributed by atoms with E-state index >= 15 is 0 Å². The number of hydrogen-bond acceptors (Lipinski definition) is 3. The fourth-order valence-electron chi connectivity index (χ4n) is 2.20. The Morgan fingerprint density at radius 3 is 2.30 bits per heavy atom. The first-order valence-corrected chi connectivity index (χ1v) is 8.22. The number of carbonyl (C=O) groups excluding carboxylic acids is 2. The van der Waals surface area contributed by atoms with E-state index in [4.69, 9.17) is 4.74 Å². The number of rotatable bonds is 9. The van der Waals surface area contributed by atoms with E-state index < -0.39 is 6.04 Å². The van der Waals surface area contributed by atoms with Crippen molar-refractivity contribution in [3.05, 3.63) is 29.8 Å². The highest BCUT2D eigenvalue weighted by molar-refractivity contribution is 5.97. The summed E-state index contributed by atoms with van der Waals surface area (Å²) in [5, 5.41) is 5.72. The second-order valence-corrected chi connectivity index (χ2v) is 5.92. The second-order valence-electron chi connectivity index (χ2n) is 5.92. The Morgan fingerprint density at radius 2 is 1.78 bits per heavy atom. The van der Waals surface area contributed by atoms with Crippen LogP contribution in [0.3, 0.4) is 0 Å². The summed E-state index contributed by atoms with van der Waals surface area (Å²) in [4.78, 5) is 24.6. The molecule has 5 nitrogen and oxygen atoms in total. The summed E-state index contributed by atoms with van der Waals surface area (Å²) in [7, 11) is 1.58. The van der Waals surface area contributed by atoms with Gasteiger partial charge in [0.2, 0.25) is 5.91 Å². The topological polar surface area (TPSA) is 67.4 Å². The number of nitrogens with one attached hydrogen (secondary N) is 2. The molecule has 0 aliphatic carbocycles. The van der Waals surface area contributed by atoms with Crippen molar-refractivity contribution < 1.29 is 14.3 Å². The molecule has 2 amide bonds. The molecule has 128 valence electrons. The van der Waals surface area contributed by atoms with Crippen molar-refractivity contribution in [2.24, 2.45) is 5.92 Å². The number of methoxy groups -OCH3 is 1. The minimum absolute atomic E-state index is 0.0170. The molecule has 0 heterocycles. The molecule has 0 aromatic heterocycles. The maximum Gasteiger partial charge on any atom is 0.251 e. The normalized spacial score (nSPS) is 11.9. The molecule has 0 spiro atoms. The lowest BCUT2D eigenvalue weighted by Crippen LogP contribution is -2.49. The minimum atomic E-state index is -0.536. The Kier molecular flexibility index (Phi) is 8.16. The van der Waals surface area contributed by atoms with Crippen molar-refractivity contribution >= 4 is 11.8 Å². The van der Waals surface area contributed by atoms with Crippen molar-refractivity contribution in [1.82, 2.24) is 10.6 Å². The number of hydrogen-bond donors (Lipinski definition) is 2. The van der Waals surface area contributed by atoms with Crippen LogP contribution in [0.15, 0.2) is 24.3 Å². The molecular formula is C18H28N2O3. The van der Waals surface area contributed by atoms with E-state index in [1.165, 1.54) is 0 Å². The van der Waals surface area contributed by atoms with Crippen LogP contribution in [-0.2, 0) is 4.79 Å². The summed E-state index contributed by atoms with van der Waals surface area (Å²) in [6.45, 7) is 6.61. The van der Waals surface area contributed by atoms with Crippen LogP contribution < -0.4 is 15.4 Å². The Hall–Kier alpha value is -2.04. The van der Waals surface area contributed by atoms with Gasteiger partial charge in [-0.1, -0.05) is 33.6 Å². The van der Waals surface area contributed by atoms with Crippen molar-refractivity contribution in [2.75, 3.05) is 13.7 Å². The molecule has 0 saturated carbocycles. The van der Waals surface area contributed by atoms with Crippen molar-refractivity contribution in [3.8, 4) is 5.75 Å². The second kappa shape index (κ2) is 9.87. The first kappa shape index (κ1) is 19.0. The molecule has 0 aliphatic heterocycles. The number of unbranched alkanes of at least 4 members (excludes halogenated alkanes) is 2. The van der Waals surface area contributed by atoms with Crippen LogP contribution in [-0.4, -0.2) is 31.5 Å². The van der Waals surface area contributed by atoms with Crippen LogP contribution >= 0.6 is 0 Å². The van der Waals surface area contributed by atoms with E-state index in [1.807, 2.05) is 13.8 Å². The summed E-state index contributed by atoms with van der Waals surface area (Å²) in [6.07, 6.45) is 3.15. The molecule has 0 saturated heterocycles. The van der Waals surface area contributed by atoms with Gasteiger partial charge < -0.3 is 15.4 Å². The monoisotopic (exact) mass is 320 g/mol. The van der Waals surface area contributed by atoms with Gasteiger partial charge in [0.25, 0.3) is 5.91 Å². The van der Waals surface area contributed by atoms with Gasteiger partial charge in [0.15, 0.2) is 0 Å². The van der Waals surface area contributed by atoms with Gasteiger partial charge in [-0.05, 0) is 36.6 Å². The summed E-state index contributed by atoms with van der Waals surface area (Å²) >= 11 is 0. The molecule has 0 aliphatic rings. The minimum Gasteiger partial charge on any atom is -0.497 e. The predicted molar refractivity (Wildman–Crippen MR) is 91.6 cm³/mol. The van der Waals surface area contributed by atoms with Gasteiger partial charge in [-0.2, -0.15) is 0 Å². The zero-order valence-corrected chi connectivity index (χ0v) is 14.5. The lowest BCUT2D eigenvalue weighted by molar-refractivity contribution is -0.123. The predicted octanol–water partition coefficient (Wildman–Crippen LogP) is 2.76. The summed E-state index contributed by atoms with van der Waals surface area (Å²) in [5.41, 5.74) is 0.509. The molecular weight excluding hydrogens is 292 g/mol. The zero-order chi connectivity index (χ0) is 17.2. The quantitative estimate of drug-likeness (QED) is 0.688. The van der Waals surface area contributed by atoms with E-state index in [0.717, 1.165) is 19.3 Å². The molecule has 0 radical (unpaired) electrons. The SMILES string of the molecule is CCCCCNC(=O)[C@@H](NC(=O)c1ccc(OC)cc1)C(C)C. The van der Waals surface area contributed by atoms with Crippen LogP contribution in [0.5, 0.6) is 5.75 Å². The highest BCUT2D eigenvalue weighted by atomic mass is 16.5. The standard InChI is InChI=1S/C18H28N2O3/c1-5-6-7-12-19-18(22)16(13(2)3)20-17(21)14-8-10-15(23-4)11-9-14/h8-11,13,16H,5-7,12H2,1-4H3,(H,19,22)(H,20,21)/t16-/m0/s1. The van der Waals surface area contributed by atoms with Crippen LogP contribution in [0.25, 0.3) is 0 Å². The average Bonchev–Trinajstić information content (AvgIpc) is 2.56. The van der Waals surface area contributed by atoms with E-state index in [1.54, 1.807) is 31.4 Å². The first-order chi connectivity index (χ1) is 11.0. The molecule has 23 heavy (non-hydrogen) atoms. The molecule has 0 fully saturated rings. The summed E-state index contributed by atoms with van der Waals surface area (Å²) < 4.78 is 5.07. The maximum absolute atomic E-state index is 12.3. The number of ether oxygens (including phenoxy) is 1. The van der Waals surface area contributed by atoms with Crippen LogP contribution in [0.4, 0.5) is 0 Å². The van der Waals surface area contributed by atoms with E-state index in [-0.39, 0.29) is 17.7 Å². The number of amides is 2. The Morgan fingerprint density at radius 1 is 1.13 bits per heavy atom. The third-order valence-corrected chi connectivity index (χ3v) is 3.67. The fraction of sp³-hybridized carbons (Fsp3) is 0.556. The molecule has 0 bridgehead atoms. The van der Waals surface area contributed by atoms with E-state index in [2.05, 4.69) is 17.6 Å². The lowest BCUT2D eigenvalue weighted by atomic mass is 10.0. The van der Waals surface area contributed by atoms with Crippen molar-refractivity contribution in [2.45, 2.75) is 46.1 Å². The van der Waals surface area contributed by atoms with Gasteiger partial charge in [0.05, 0.1) is 7.11 Å². The average molecular weight is 320 g/mol. The van der Waals surface area contributed by atoms with E-state index in [0.29, 0.717) is 17.9 Å². The number of benzene rings is 1. The van der Waals surface area contributed by atoms with Gasteiger partial charge in [-0.3, -0.25) is 9.59 Å². The van der Waals surface area contributed by atoms with Gasteiger partial charge in [0.1, 0.15) is 11.8 Å².